The molecule has 2 aromatic rings. The molecule has 1 aliphatic carbocycles. The minimum atomic E-state index is -0.234. The van der Waals surface area contributed by atoms with Gasteiger partial charge in [-0.3, -0.25) is 9.78 Å². The van der Waals surface area contributed by atoms with Gasteiger partial charge in [-0.05, 0) is 37.0 Å². The number of nitrogens with zero attached hydrogens (tertiary/aromatic N) is 4. The highest BCUT2D eigenvalue weighted by molar-refractivity contribution is 5.82. The Morgan fingerprint density at radius 3 is 3.04 bits per heavy atom. The van der Waals surface area contributed by atoms with Gasteiger partial charge in [0, 0.05) is 49.8 Å². The highest BCUT2D eigenvalue weighted by atomic mass is 16.2. The number of fused-ring (bicyclic) bond motifs is 1. The zero-order valence-corrected chi connectivity index (χ0v) is 14.1. The van der Waals surface area contributed by atoms with Crippen LogP contribution >= 0.6 is 0 Å². The van der Waals surface area contributed by atoms with Crippen LogP contribution < -0.4 is 15.5 Å². The number of rotatable bonds is 4. The van der Waals surface area contributed by atoms with Crippen molar-refractivity contribution < 1.29 is 4.79 Å². The molecule has 1 aliphatic heterocycles. The van der Waals surface area contributed by atoms with E-state index < -0.39 is 0 Å². The number of nitrogens with one attached hydrogen (secondary N) is 2. The largest absolute Gasteiger partial charge is 0.353 e. The van der Waals surface area contributed by atoms with Crippen LogP contribution in [0.25, 0.3) is 0 Å². The summed E-state index contributed by atoms with van der Waals surface area (Å²) in [5.74, 6) is 1.03. The summed E-state index contributed by atoms with van der Waals surface area (Å²) in [6.45, 7) is 2.78. The van der Waals surface area contributed by atoms with Gasteiger partial charge in [-0.2, -0.15) is 0 Å². The molecule has 3 heterocycles. The maximum atomic E-state index is 12.5. The number of aromatic nitrogens is 3. The lowest BCUT2D eigenvalue weighted by molar-refractivity contribution is -0.123. The first-order valence-electron chi connectivity index (χ1n) is 8.79. The molecule has 0 saturated carbocycles. The second-order valence-corrected chi connectivity index (χ2v) is 6.50. The Hall–Kier alpha value is -2.54. The van der Waals surface area contributed by atoms with E-state index in [1.807, 2.05) is 12.1 Å². The van der Waals surface area contributed by atoms with Crippen molar-refractivity contribution in [3.05, 3.63) is 47.7 Å². The first kappa shape index (κ1) is 16.0. The maximum Gasteiger partial charge on any atom is 0.239 e. The van der Waals surface area contributed by atoms with Crippen LogP contribution in [-0.4, -0.2) is 46.5 Å². The van der Waals surface area contributed by atoms with Crippen molar-refractivity contribution in [1.29, 1.82) is 0 Å². The summed E-state index contributed by atoms with van der Waals surface area (Å²) in [5, 5.41) is 6.32. The molecule has 7 heteroatoms. The Morgan fingerprint density at radius 2 is 2.16 bits per heavy atom. The summed E-state index contributed by atoms with van der Waals surface area (Å²) in [7, 11) is 0. The number of piperazine rings is 1. The average molecular weight is 338 g/mol. The summed E-state index contributed by atoms with van der Waals surface area (Å²) in [6.07, 6.45) is 8.33. The molecule has 1 saturated heterocycles. The normalized spacial score (nSPS) is 19.5. The number of aryl methyl sites for hydroxylation is 1. The number of hydrogen-bond acceptors (Lipinski definition) is 6. The van der Waals surface area contributed by atoms with E-state index in [1.54, 1.807) is 18.7 Å². The fourth-order valence-corrected chi connectivity index (χ4v) is 3.55. The molecule has 7 nitrogen and oxygen atoms in total. The molecule has 1 amide bonds. The molecule has 1 atom stereocenters. The van der Waals surface area contributed by atoms with Crippen LogP contribution in [0.3, 0.4) is 0 Å². The van der Waals surface area contributed by atoms with Crippen LogP contribution in [0.2, 0.25) is 0 Å². The number of hydrogen-bond donors (Lipinski definition) is 2. The van der Waals surface area contributed by atoms with Crippen molar-refractivity contribution in [2.24, 2.45) is 0 Å². The summed E-state index contributed by atoms with van der Waals surface area (Å²) < 4.78 is 0. The zero-order valence-electron chi connectivity index (χ0n) is 14.1. The number of carbonyl (C=O) groups is 1. The van der Waals surface area contributed by atoms with Gasteiger partial charge in [0.15, 0.2) is 0 Å². The second-order valence-electron chi connectivity index (χ2n) is 6.50. The fraction of sp³-hybridized carbons (Fsp3) is 0.444. The van der Waals surface area contributed by atoms with Crippen LogP contribution in [0.15, 0.2) is 30.9 Å². The molecule has 2 aliphatic rings. The average Bonchev–Trinajstić information content (AvgIpc) is 3.16. The van der Waals surface area contributed by atoms with Gasteiger partial charge >= 0.3 is 0 Å². The van der Waals surface area contributed by atoms with Crippen molar-refractivity contribution >= 4 is 11.7 Å². The van der Waals surface area contributed by atoms with Crippen molar-refractivity contribution in [3.63, 3.8) is 0 Å². The molecule has 2 N–H and O–H groups in total. The van der Waals surface area contributed by atoms with Gasteiger partial charge in [0.2, 0.25) is 5.91 Å². The van der Waals surface area contributed by atoms with Crippen LogP contribution in [0, 0.1) is 0 Å². The molecular weight excluding hydrogens is 316 g/mol. The van der Waals surface area contributed by atoms with Gasteiger partial charge in [0.05, 0.1) is 0 Å². The number of pyridine rings is 1. The quantitative estimate of drug-likeness (QED) is 0.842. The Kier molecular flexibility index (Phi) is 4.56. The summed E-state index contributed by atoms with van der Waals surface area (Å²) in [6, 6.07) is 3.58. The molecule has 130 valence electrons. The summed E-state index contributed by atoms with van der Waals surface area (Å²) in [5.41, 5.74) is 3.48. The van der Waals surface area contributed by atoms with Crippen molar-refractivity contribution in [2.75, 3.05) is 24.5 Å². The lowest BCUT2D eigenvalue weighted by atomic mass is 10.1. The summed E-state index contributed by atoms with van der Waals surface area (Å²) in [4.78, 5) is 27.6. The molecule has 0 aromatic carbocycles. The highest BCUT2D eigenvalue weighted by Crippen LogP contribution is 2.28. The van der Waals surface area contributed by atoms with Gasteiger partial charge in [0.1, 0.15) is 18.2 Å². The predicted octanol–water partition coefficient (Wildman–Crippen LogP) is 0.455. The molecule has 1 unspecified atom stereocenters. The van der Waals surface area contributed by atoms with Crippen LogP contribution in [0.5, 0.6) is 0 Å². The standard InChI is InChI=1S/C18H22N6O/c25-18(21-10-13-4-6-19-7-5-13)16-11-24(9-8-20-16)17-14-2-1-3-15(14)22-12-23-17/h4-7,12,16,20H,1-3,8-11H2,(H,21,25). The first-order valence-corrected chi connectivity index (χ1v) is 8.79. The minimum absolute atomic E-state index is 0.0206. The number of anilines is 1. The Bertz CT molecular complexity index is 750. The highest BCUT2D eigenvalue weighted by Gasteiger charge is 2.28. The van der Waals surface area contributed by atoms with E-state index in [9.17, 15) is 4.79 Å². The Labute approximate surface area is 146 Å². The van der Waals surface area contributed by atoms with E-state index in [1.165, 1.54) is 11.3 Å². The van der Waals surface area contributed by atoms with Gasteiger partial charge < -0.3 is 15.5 Å². The lowest BCUT2D eigenvalue weighted by Gasteiger charge is -2.34. The van der Waals surface area contributed by atoms with Crippen LogP contribution in [-0.2, 0) is 24.2 Å². The number of amides is 1. The van der Waals surface area contributed by atoms with E-state index in [0.717, 1.165) is 43.7 Å². The van der Waals surface area contributed by atoms with Crippen molar-refractivity contribution in [1.82, 2.24) is 25.6 Å². The first-order chi connectivity index (χ1) is 12.3. The van der Waals surface area contributed by atoms with Gasteiger partial charge in [-0.1, -0.05) is 0 Å². The molecular formula is C18H22N6O. The zero-order chi connectivity index (χ0) is 17.1. The molecule has 25 heavy (non-hydrogen) atoms. The lowest BCUT2D eigenvalue weighted by Crippen LogP contribution is -2.57. The maximum absolute atomic E-state index is 12.5. The third-order valence-electron chi connectivity index (χ3n) is 4.86. The topological polar surface area (TPSA) is 83.0 Å². The second kappa shape index (κ2) is 7.14. The van der Waals surface area contributed by atoms with Crippen molar-refractivity contribution in [3.8, 4) is 0 Å². The van der Waals surface area contributed by atoms with Crippen LogP contribution in [0.4, 0.5) is 5.82 Å². The third-order valence-corrected chi connectivity index (χ3v) is 4.86. The Morgan fingerprint density at radius 1 is 1.28 bits per heavy atom. The van der Waals surface area contributed by atoms with E-state index in [4.69, 9.17) is 0 Å². The van der Waals surface area contributed by atoms with Gasteiger partial charge in [0.25, 0.3) is 0 Å². The molecule has 4 rings (SSSR count). The van der Waals surface area contributed by atoms with Gasteiger partial charge in [-0.25, -0.2) is 9.97 Å². The van der Waals surface area contributed by atoms with E-state index in [0.29, 0.717) is 13.1 Å². The van der Waals surface area contributed by atoms with Crippen LogP contribution in [0.1, 0.15) is 23.2 Å². The predicted molar refractivity (Wildman–Crippen MR) is 94.1 cm³/mol. The fourth-order valence-electron chi connectivity index (χ4n) is 3.55. The monoisotopic (exact) mass is 338 g/mol. The molecule has 0 spiro atoms. The van der Waals surface area contributed by atoms with E-state index in [-0.39, 0.29) is 11.9 Å². The van der Waals surface area contributed by atoms with E-state index in [2.05, 4.69) is 30.5 Å². The SMILES string of the molecule is O=C(NCc1ccncc1)C1CN(c2ncnc3c2CCC3)CCN1. The molecule has 0 bridgehead atoms. The van der Waals surface area contributed by atoms with Gasteiger partial charge in [-0.15, -0.1) is 0 Å². The van der Waals surface area contributed by atoms with E-state index >= 15 is 0 Å². The number of carbonyl (C=O) groups excluding carboxylic acids is 1. The third kappa shape index (κ3) is 3.46. The minimum Gasteiger partial charge on any atom is -0.353 e. The van der Waals surface area contributed by atoms with Crippen molar-refractivity contribution in [2.45, 2.75) is 31.8 Å². The molecule has 0 radical (unpaired) electrons. The molecule has 1 fully saturated rings. The molecule has 2 aromatic heterocycles. The smallest absolute Gasteiger partial charge is 0.239 e. The summed E-state index contributed by atoms with van der Waals surface area (Å²) >= 11 is 0. The Balaban J connectivity index is 1.41.